The number of ether oxygens (including phenoxy) is 1. The standard InChI is InChI=1S/C15H19F3N6O.HI/c1-19-14(21-8-13-22-10-23-24(13)2)20-7-11-3-5-12(6-4-11)25-9-15(16,17)18;/h3-6,10H,7-9H2,1-2H3,(H2,19,20,21);1H. The summed E-state index contributed by atoms with van der Waals surface area (Å²) in [6.07, 6.45) is -2.88. The van der Waals surface area contributed by atoms with Crippen molar-refractivity contribution in [2.45, 2.75) is 19.3 Å². The molecule has 0 bridgehead atoms. The van der Waals surface area contributed by atoms with Gasteiger partial charge in [0.1, 0.15) is 17.9 Å². The first-order valence-corrected chi connectivity index (χ1v) is 7.43. The maximum atomic E-state index is 12.1. The summed E-state index contributed by atoms with van der Waals surface area (Å²) in [6.45, 7) is -0.387. The van der Waals surface area contributed by atoms with E-state index in [2.05, 4.69) is 30.4 Å². The summed E-state index contributed by atoms with van der Waals surface area (Å²) in [6, 6.07) is 6.38. The topological polar surface area (TPSA) is 76.4 Å². The number of nitrogens with one attached hydrogen (secondary N) is 2. The number of nitrogens with zero attached hydrogens (tertiary/aromatic N) is 4. The molecule has 2 aromatic rings. The predicted molar refractivity (Wildman–Crippen MR) is 101 cm³/mol. The van der Waals surface area contributed by atoms with Gasteiger partial charge in [-0.05, 0) is 17.7 Å². The van der Waals surface area contributed by atoms with E-state index in [9.17, 15) is 13.2 Å². The highest BCUT2D eigenvalue weighted by Gasteiger charge is 2.28. The summed E-state index contributed by atoms with van der Waals surface area (Å²) >= 11 is 0. The maximum absolute atomic E-state index is 12.1. The zero-order chi connectivity index (χ0) is 18.3. The summed E-state index contributed by atoms with van der Waals surface area (Å²) in [7, 11) is 3.43. The van der Waals surface area contributed by atoms with Gasteiger partial charge < -0.3 is 15.4 Å². The number of benzene rings is 1. The third kappa shape index (κ3) is 7.45. The van der Waals surface area contributed by atoms with Gasteiger partial charge in [-0.1, -0.05) is 12.1 Å². The lowest BCUT2D eigenvalue weighted by Crippen LogP contribution is -2.36. The largest absolute Gasteiger partial charge is 0.484 e. The first-order valence-electron chi connectivity index (χ1n) is 7.43. The number of hydrogen-bond acceptors (Lipinski definition) is 4. The normalized spacial score (nSPS) is 11.7. The molecule has 1 aromatic heterocycles. The summed E-state index contributed by atoms with van der Waals surface area (Å²) in [5.41, 5.74) is 0.876. The van der Waals surface area contributed by atoms with Gasteiger partial charge in [0.2, 0.25) is 0 Å². The highest BCUT2D eigenvalue weighted by molar-refractivity contribution is 14.0. The number of alkyl halides is 3. The second-order valence-electron chi connectivity index (χ2n) is 5.13. The molecule has 0 radical (unpaired) electrons. The number of rotatable bonds is 6. The van der Waals surface area contributed by atoms with E-state index in [0.717, 1.165) is 11.4 Å². The molecule has 144 valence electrons. The van der Waals surface area contributed by atoms with Gasteiger partial charge in [0.25, 0.3) is 0 Å². The highest BCUT2D eigenvalue weighted by atomic mass is 127. The van der Waals surface area contributed by atoms with E-state index in [1.165, 1.54) is 18.5 Å². The Morgan fingerprint density at radius 3 is 2.38 bits per heavy atom. The van der Waals surface area contributed by atoms with Gasteiger partial charge in [0.05, 0.1) is 6.54 Å². The monoisotopic (exact) mass is 484 g/mol. The van der Waals surface area contributed by atoms with Crippen molar-refractivity contribution in [2.24, 2.45) is 12.0 Å². The van der Waals surface area contributed by atoms with Crippen LogP contribution in [0.15, 0.2) is 35.6 Å². The summed E-state index contributed by atoms with van der Waals surface area (Å²) in [4.78, 5) is 8.19. The van der Waals surface area contributed by atoms with Crippen LogP contribution in [0, 0.1) is 0 Å². The predicted octanol–water partition coefficient (Wildman–Crippen LogP) is 2.24. The van der Waals surface area contributed by atoms with Crippen LogP contribution in [-0.2, 0) is 20.1 Å². The second-order valence-corrected chi connectivity index (χ2v) is 5.13. The van der Waals surface area contributed by atoms with Crippen LogP contribution in [-0.4, -0.2) is 40.6 Å². The van der Waals surface area contributed by atoms with Crippen molar-refractivity contribution >= 4 is 29.9 Å². The Labute approximate surface area is 166 Å². The zero-order valence-electron chi connectivity index (χ0n) is 14.2. The molecule has 1 aromatic carbocycles. The van der Waals surface area contributed by atoms with Crippen LogP contribution in [0.3, 0.4) is 0 Å². The number of guanidine groups is 1. The third-order valence-electron chi connectivity index (χ3n) is 3.23. The van der Waals surface area contributed by atoms with Crippen molar-refractivity contribution in [1.82, 2.24) is 25.4 Å². The second kappa shape index (κ2) is 10.2. The lowest BCUT2D eigenvalue weighted by Gasteiger charge is -2.12. The molecule has 2 rings (SSSR count). The Bertz CT molecular complexity index is 702. The maximum Gasteiger partial charge on any atom is 0.422 e. The highest BCUT2D eigenvalue weighted by Crippen LogP contribution is 2.18. The third-order valence-corrected chi connectivity index (χ3v) is 3.23. The van der Waals surface area contributed by atoms with Crippen LogP contribution in [0.1, 0.15) is 11.4 Å². The summed E-state index contributed by atoms with van der Waals surface area (Å²) in [5.74, 6) is 1.50. The Morgan fingerprint density at radius 2 is 1.85 bits per heavy atom. The Balaban J connectivity index is 0.00000338. The fourth-order valence-electron chi connectivity index (χ4n) is 1.92. The van der Waals surface area contributed by atoms with Crippen LogP contribution in [0.2, 0.25) is 0 Å². The molecule has 2 N–H and O–H groups in total. The van der Waals surface area contributed by atoms with Crippen LogP contribution in [0.5, 0.6) is 5.75 Å². The molecule has 1 heterocycles. The SMILES string of the molecule is CN=C(NCc1ccc(OCC(F)(F)F)cc1)NCc1ncnn1C.I. The van der Waals surface area contributed by atoms with Crippen molar-refractivity contribution in [3.05, 3.63) is 42.0 Å². The molecule has 0 saturated heterocycles. The molecule has 0 amide bonds. The minimum absolute atomic E-state index is 0. The first-order chi connectivity index (χ1) is 11.9. The number of aromatic nitrogens is 3. The van der Waals surface area contributed by atoms with E-state index in [4.69, 9.17) is 0 Å². The van der Waals surface area contributed by atoms with Gasteiger partial charge in [-0.3, -0.25) is 9.67 Å². The zero-order valence-corrected chi connectivity index (χ0v) is 16.6. The minimum Gasteiger partial charge on any atom is -0.484 e. The van der Waals surface area contributed by atoms with Gasteiger partial charge in [0, 0.05) is 20.6 Å². The van der Waals surface area contributed by atoms with Crippen LogP contribution in [0.25, 0.3) is 0 Å². The molecule has 0 spiro atoms. The van der Waals surface area contributed by atoms with E-state index in [1.54, 1.807) is 30.9 Å². The molecule has 0 aliphatic heterocycles. The van der Waals surface area contributed by atoms with Crippen molar-refractivity contribution in [3.8, 4) is 5.75 Å². The Hall–Kier alpha value is -2.05. The molecule has 7 nitrogen and oxygen atoms in total. The van der Waals surface area contributed by atoms with Crippen LogP contribution in [0.4, 0.5) is 13.2 Å². The van der Waals surface area contributed by atoms with Gasteiger partial charge in [-0.2, -0.15) is 18.3 Å². The van der Waals surface area contributed by atoms with E-state index in [-0.39, 0.29) is 29.7 Å². The molecule has 0 aliphatic rings. The van der Waals surface area contributed by atoms with E-state index >= 15 is 0 Å². The van der Waals surface area contributed by atoms with E-state index < -0.39 is 12.8 Å². The minimum atomic E-state index is -4.35. The van der Waals surface area contributed by atoms with E-state index in [0.29, 0.717) is 19.0 Å². The van der Waals surface area contributed by atoms with Crippen molar-refractivity contribution in [3.63, 3.8) is 0 Å². The molecule has 0 aliphatic carbocycles. The molecular weight excluding hydrogens is 464 g/mol. The first kappa shape index (κ1) is 22.0. The smallest absolute Gasteiger partial charge is 0.422 e. The Kier molecular flexibility index (Phi) is 8.61. The lowest BCUT2D eigenvalue weighted by molar-refractivity contribution is -0.153. The number of aryl methyl sites for hydroxylation is 1. The molecule has 0 atom stereocenters. The average Bonchev–Trinajstić information content (AvgIpc) is 2.98. The quantitative estimate of drug-likeness (QED) is 0.374. The van der Waals surface area contributed by atoms with Crippen LogP contribution >= 0.6 is 24.0 Å². The van der Waals surface area contributed by atoms with Gasteiger partial charge in [-0.25, -0.2) is 4.98 Å². The van der Waals surface area contributed by atoms with Crippen molar-refractivity contribution in [1.29, 1.82) is 0 Å². The summed E-state index contributed by atoms with van der Waals surface area (Å²) in [5, 5.41) is 10.2. The lowest BCUT2D eigenvalue weighted by atomic mass is 10.2. The van der Waals surface area contributed by atoms with E-state index in [1.807, 2.05) is 0 Å². The number of aliphatic imine (C=N–C) groups is 1. The summed E-state index contributed by atoms with van der Waals surface area (Å²) < 4.78 is 42.6. The molecule has 26 heavy (non-hydrogen) atoms. The fourth-order valence-corrected chi connectivity index (χ4v) is 1.92. The average molecular weight is 484 g/mol. The number of hydrogen-bond donors (Lipinski definition) is 2. The molecule has 0 fully saturated rings. The fraction of sp³-hybridized carbons (Fsp3) is 0.400. The van der Waals surface area contributed by atoms with Crippen LogP contribution < -0.4 is 15.4 Å². The van der Waals surface area contributed by atoms with Crippen molar-refractivity contribution in [2.75, 3.05) is 13.7 Å². The van der Waals surface area contributed by atoms with Gasteiger partial charge in [-0.15, -0.1) is 24.0 Å². The number of halogens is 4. The van der Waals surface area contributed by atoms with Gasteiger partial charge in [0.15, 0.2) is 12.6 Å². The molecule has 11 heteroatoms. The molecule has 0 saturated carbocycles. The Morgan fingerprint density at radius 1 is 1.19 bits per heavy atom. The van der Waals surface area contributed by atoms with Gasteiger partial charge >= 0.3 is 6.18 Å². The molecular formula is C15H20F3IN6O. The molecule has 0 unspecified atom stereocenters. The van der Waals surface area contributed by atoms with Crippen molar-refractivity contribution < 1.29 is 17.9 Å².